The first kappa shape index (κ1) is 27.9. The molecule has 2 nitrogen and oxygen atoms in total. The summed E-state index contributed by atoms with van der Waals surface area (Å²) in [7, 11) is 0. The highest BCUT2D eigenvalue weighted by atomic mass is 79.9. The quantitative estimate of drug-likeness (QED) is 0.152. The van der Waals surface area contributed by atoms with E-state index >= 15 is 0 Å². The molecular weight excluding hydrogens is 508 g/mol. The van der Waals surface area contributed by atoms with Gasteiger partial charge in [0.2, 0.25) is 0 Å². The van der Waals surface area contributed by atoms with E-state index in [4.69, 9.17) is 4.42 Å². The number of halogens is 1. The van der Waals surface area contributed by atoms with E-state index in [-0.39, 0.29) is 11.3 Å². The average molecular weight is 558 g/mol. The van der Waals surface area contributed by atoms with Crippen molar-refractivity contribution in [3.63, 3.8) is 0 Å². The first-order valence-electron chi connectivity index (χ1n) is 15.0. The van der Waals surface area contributed by atoms with Gasteiger partial charge in [0.1, 0.15) is 17.1 Å². The number of carbonyl (C=O) groups excluding carboxylic acids is 1. The number of benzene rings is 1. The van der Waals surface area contributed by atoms with E-state index in [0.717, 1.165) is 22.9 Å². The van der Waals surface area contributed by atoms with Crippen LogP contribution in [0.2, 0.25) is 0 Å². The first-order chi connectivity index (χ1) is 17.4. The van der Waals surface area contributed by atoms with E-state index in [1.165, 1.54) is 93.8 Å². The van der Waals surface area contributed by atoms with Crippen LogP contribution in [-0.4, -0.2) is 11.1 Å². The summed E-state index contributed by atoms with van der Waals surface area (Å²) in [6.45, 7) is 9.51. The van der Waals surface area contributed by atoms with Crippen molar-refractivity contribution in [2.75, 3.05) is 5.33 Å². The maximum Gasteiger partial charge on any atom is 0.141 e. The number of ketones is 1. The van der Waals surface area contributed by atoms with Crippen LogP contribution >= 0.6 is 15.9 Å². The van der Waals surface area contributed by atoms with Crippen molar-refractivity contribution in [3.8, 4) is 0 Å². The number of Topliss-reactive ketones (excluding diaryl/α,β-unsaturated/α-hetero) is 1. The third kappa shape index (κ3) is 5.82. The highest BCUT2D eigenvalue weighted by molar-refractivity contribution is 9.09. The van der Waals surface area contributed by atoms with E-state index in [2.05, 4.69) is 61.8 Å². The van der Waals surface area contributed by atoms with Gasteiger partial charge >= 0.3 is 0 Å². The molecular formula is C33H49BrO2. The Balaban J connectivity index is 1.24. The zero-order valence-electron chi connectivity index (χ0n) is 23.3. The molecule has 200 valence electrons. The van der Waals surface area contributed by atoms with Crippen LogP contribution in [-0.2, 0) is 16.6 Å². The van der Waals surface area contributed by atoms with E-state index in [0.29, 0.717) is 30.0 Å². The van der Waals surface area contributed by atoms with Gasteiger partial charge in [-0.15, -0.1) is 0 Å². The third-order valence-electron chi connectivity index (χ3n) is 9.94. The van der Waals surface area contributed by atoms with Gasteiger partial charge in [-0.25, -0.2) is 0 Å². The van der Waals surface area contributed by atoms with E-state index < -0.39 is 0 Å². The molecule has 2 aliphatic carbocycles. The molecule has 0 spiro atoms. The van der Waals surface area contributed by atoms with Crippen LogP contribution in [0.3, 0.4) is 0 Å². The van der Waals surface area contributed by atoms with Crippen LogP contribution < -0.4 is 0 Å². The number of furan rings is 1. The molecule has 0 N–H and O–H groups in total. The van der Waals surface area contributed by atoms with Crippen molar-refractivity contribution < 1.29 is 9.21 Å². The Bertz CT molecular complexity index is 1010. The molecule has 5 atom stereocenters. The number of carbonyl (C=O) groups is 1. The molecule has 4 unspecified atom stereocenters. The number of hydrogen-bond acceptors (Lipinski definition) is 2. The summed E-state index contributed by atoms with van der Waals surface area (Å²) in [6.07, 6.45) is 17.6. The molecule has 2 aromatic rings. The second kappa shape index (κ2) is 12.6. The molecule has 1 aromatic carbocycles. The Kier molecular flexibility index (Phi) is 9.80. The predicted octanol–water partition coefficient (Wildman–Crippen LogP) is 10.3. The van der Waals surface area contributed by atoms with Crippen molar-refractivity contribution >= 4 is 32.7 Å². The van der Waals surface area contributed by atoms with Crippen LogP contribution in [0.25, 0.3) is 11.0 Å². The normalized spacial score (nSPS) is 25.5. The van der Waals surface area contributed by atoms with Crippen LogP contribution in [0.4, 0.5) is 0 Å². The van der Waals surface area contributed by atoms with Gasteiger partial charge in [0.15, 0.2) is 0 Å². The van der Waals surface area contributed by atoms with Crippen molar-refractivity contribution in [2.45, 2.75) is 129 Å². The van der Waals surface area contributed by atoms with E-state index in [9.17, 15) is 4.79 Å². The highest BCUT2D eigenvalue weighted by Gasteiger charge is 2.57. The molecule has 36 heavy (non-hydrogen) atoms. The van der Waals surface area contributed by atoms with Crippen molar-refractivity contribution in [1.82, 2.24) is 0 Å². The Morgan fingerprint density at radius 3 is 2.31 bits per heavy atom. The minimum Gasteiger partial charge on any atom is -0.460 e. The number of hydrogen-bond donors (Lipinski definition) is 0. The lowest BCUT2D eigenvalue weighted by atomic mass is 9.71. The van der Waals surface area contributed by atoms with Gasteiger partial charge in [-0.05, 0) is 42.4 Å². The summed E-state index contributed by atoms with van der Waals surface area (Å²) in [5.41, 5.74) is 3.81. The molecule has 3 heteroatoms. The maximum atomic E-state index is 13.2. The summed E-state index contributed by atoms with van der Waals surface area (Å²) in [5.74, 6) is 3.65. The van der Waals surface area contributed by atoms with Gasteiger partial charge in [-0.2, -0.15) is 0 Å². The van der Waals surface area contributed by atoms with Gasteiger partial charge in [-0.1, -0.05) is 120 Å². The monoisotopic (exact) mass is 556 g/mol. The second-order valence-corrected chi connectivity index (χ2v) is 13.0. The zero-order chi connectivity index (χ0) is 25.7. The lowest BCUT2D eigenvalue weighted by Crippen LogP contribution is -2.28. The topological polar surface area (TPSA) is 30.2 Å². The molecule has 0 radical (unpaired) electrons. The Morgan fingerprint density at radius 1 is 1.03 bits per heavy atom. The SMILES string of the molecule is CCCCCCCCCCCCCC(CBr)C(=O)Cc1ccc2oc3c(c2c1)C1(C)C[C@@H]3C(C)C1C. The van der Waals surface area contributed by atoms with Gasteiger partial charge in [0, 0.05) is 40.0 Å². The fourth-order valence-electron chi connectivity index (χ4n) is 7.27. The summed E-state index contributed by atoms with van der Waals surface area (Å²) in [5, 5.41) is 2.04. The standard InChI is InChI=1S/C33H49BrO2/c1-5-6-7-8-9-10-11-12-13-14-15-16-26(22-34)29(35)20-25-17-18-30-27(19-25)31-32(36-30)28-21-33(31,4)24(3)23(28)2/h17-19,23-24,26,28H,5-16,20-22H2,1-4H3/t23?,24?,26?,28-,33?/m1/s1. The highest BCUT2D eigenvalue weighted by Crippen LogP contribution is 2.64. The molecule has 0 saturated heterocycles. The third-order valence-corrected chi connectivity index (χ3v) is 10.7. The van der Waals surface area contributed by atoms with Gasteiger partial charge in [0.05, 0.1) is 0 Å². The van der Waals surface area contributed by atoms with Crippen LogP contribution in [0.15, 0.2) is 22.6 Å². The summed E-state index contributed by atoms with van der Waals surface area (Å²) in [6, 6.07) is 6.50. The molecule has 4 rings (SSSR count). The molecule has 2 aliphatic rings. The van der Waals surface area contributed by atoms with E-state index in [1.807, 2.05) is 0 Å². The second-order valence-electron chi connectivity index (χ2n) is 12.4. The van der Waals surface area contributed by atoms with Crippen molar-refractivity contribution in [3.05, 3.63) is 35.1 Å². The van der Waals surface area contributed by atoms with Crippen LogP contribution in [0.1, 0.15) is 134 Å². The van der Waals surface area contributed by atoms with Crippen LogP contribution in [0.5, 0.6) is 0 Å². The zero-order valence-corrected chi connectivity index (χ0v) is 24.9. The summed E-state index contributed by atoms with van der Waals surface area (Å²) >= 11 is 3.64. The molecule has 1 heterocycles. The number of unbranched alkanes of at least 4 members (excludes halogenated alkanes) is 10. The summed E-state index contributed by atoms with van der Waals surface area (Å²) in [4.78, 5) is 13.2. The van der Waals surface area contributed by atoms with Gasteiger partial charge < -0.3 is 4.42 Å². The molecule has 1 fully saturated rings. The lowest BCUT2D eigenvalue weighted by Gasteiger charge is -2.32. The van der Waals surface area contributed by atoms with Gasteiger partial charge in [0.25, 0.3) is 0 Å². The Labute approximate surface area is 228 Å². The summed E-state index contributed by atoms with van der Waals surface area (Å²) < 4.78 is 6.39. The van der Waals surface area contributed by atoms with Crippen LogP contribution in [0, 0.1) is 17.8 Å². The minimum absolute atomic E-state index is 0.128. The smallest absolute Gasteiger partial charge is 0.141 e. The number of rotatable bonds is 16. The Hall–Kier alpha value is -1.09. The first-order valence-corrected chi connectivity index (χ1v) is 16.2. The molecule has 0 aliphatic heterocycles. The molecule has 0 amide bonds. The van der Waals surface area contributed by atoms with Gasteiger partial charge in [-0.3, -0.25) is 4.79 Å². The fraction of sp³-hybridized carbons (Fsp3) is 0.727. The number of alkyl halides is 1. The van der Waals surface area contributed by atoms with Crippen molar-refractivity contribution in [2.24, 2.45) is 17.8 Å². The molecule has 2 bridgehead atoms. The predicted molar refractivity (Wildman–Crippen MR) is 156 cm³/mol. The largest absolute Gasteiger partial charge is 0.460 e. The lowest BCUT2D eigenvalue weighted by molar-refractivity contribution is -0.121. The molecule has 1 saturated carbocycles. The maximum absolute atomic E-state index is 13.2. The fourth-order valence-corrected chi connectivity index (χ4v) is 7.95. The molecule has 1 aromatic heterocycles. The average Bonchev–Trinajstić information content (AvgIpc) is 3.46. The Morgan fingerprint density at radius 2 is 1.67 bits per heavy atom. The minimum atomic E-state index is 0.128. The van der Waals surface area contributed by atoms with Crippen molar-refractivity contribution in [1.29, 1.82) is 0 Å². The van der Waals surface area contributed by atoms with E-state index in [1.54, 1.807) is 0 Å². The number of fused-ring (bicyclic) bond motifs is 7.